The summed E-state index contributed by atoms with van der Waals surface area (Å²) in [6, 6.07) is 2.46. The van der Waals surface area contributed by atoms with E-state index in [0.717, 1.165) is 11.8 Å². The lowest BCUT2D eigenvalue weighted by atomic mass is 10.1. The smallest absolute Gasteiger partial charge is 0.224 e. The van der Waals surface area contributed by atoms with Gasteiger partial charge in [0.05, 0.1) is 0 Å². The largest absolute Gasteiger partial charge is 0.365 e. The Kier molecular flexibility index (Phi) is 3.50. The number of anilines is 2. The van der Waals surface area contributed by atoms with Crippen LogP contribution in [0.1, 0.15) is 46.5 Å². The second-order valence-corrected chi connectivity index (χ2v) is 5.77. The Labute approximate surface area is 103 Å². The lowest BCUT2D eigenvalue weighted by Gasteiger charge is -2.21. The Balaban J connectivity index is 2.00. The zero-order valence-electron chi connectivity index (χ0n) is 11.0. The molecule has 4 nitrogen and oxygen atoms in total. The van der Waals surface area contributed by atoms with E-state index in [1.807, 2.05) is 6.07 Å². The van der Waals surface area contributed by atoms with E-state index in [4.69, 9.17) is 0 Å². The molecule has 0 unspecified atom stereocenters. The quantitative estimate of drug-likeness (QED) is 0.844. The van der Waals surface area contributed by atoms with Crippen LogP contribution in [-0.2, 0) is 0 Å². The maximum Gasteiger partial charge on any atom is 0.224 e. The number of nitrogens with one attached hydrogen (secondary N) is 2. The van der Waals surface area contributed by atoms with E-state index in [0.29, 0.717) is 6.04 Å². The molecule has 0 aliphatic heterocycles. The van der Waals surface area contributed by atoms with Gasteiger partial charge in [-0.1, -0.05) is 12.8 Å². The molecule has 1 aliphatic carbocycles. The van der Waals surface area contributed by atoms with Crippen LogP contribution in [0.4, 0.5) is 11.8 Å². The summed E-state index contributed by atoms with van der Waals surface area (Å²) in [6.07, 6.45) is 6.91. The third-order valence-corrected chi connectivity index (χ3v) is 2.85. The van der Waals surface area contributed by atoms with Gasteiger partial charge in [0, 0.05) is 17.8 Å². The van der Waals surface area contributed by atoms with Crippen molar-refractivity contribution in [1.82, 2.24) is 9.97 Å². The third-order valence-electron chi connectivity index (χ3n) is 2.85. The third kappa shape index (κ3) is 3.88. The molecule has 94 valence electrons. The fourth-order valence-electron chi connectivity index (χ4n) is 2.13. The van der Waals surface area contributed by atoms with E-state index in [2.05, 4.69) is 41.4 Å². The van der Waals surface area contributed by atoms with E-state index in [1.54, 1.807) is 6.20 Å². The van der Waals surface area contributed by atoms with Crippen LogP contribution in [0.3, 0.4) is 0 Å². The summed E-state index contributed by atoms with van der Waals surface area (Å²) in [7, 11) is 0. The topological polar surface area (TPSA) is 49.8 Å². The second kappa shape index (κ2) is 4.90. The molecule has 1 aromatic heterocycles. The maximum absolute atomic E-state index is 4.49. The van der Waals surface area contributed by atoms with Gasteiger partial charge in [-0.05, 0) is 39.7 Å². The average molecular weight is 234 g/mol. The van der Waals surface area contributed by atoms with Crippen LogP contribution >= 0.6 is 0 Å². The SMILES string of the molecule is CC(C)(C)Nc1ccnc(NC2CCCC2)n1. The highest BCUT2D eigenvalue weighted by atomic mass is 15.2. The molecule has 1 fully saturated rings. The number of nitrogens with zero attached hydrogens (tertiary/aromatic N) is 2. The lowest BCUT2D eigenvalue weighted by molar-refractivity contribution is 0.630. The zero-order valence-corrected chi connectivity index (χ0v) is 11.0. The molecule has 0 atom stereocenters. The molecule has 0 aromatic carbocycles. The predicted molar refractivity (Wildman–Crippen MR) is 71.3 cm³/mol. The van der Waals surface area contributed by atoms with Crippen molar-refractivity contribution in [2.75, 3.05) is 10.6 Å². The van der Waals surface area contributed by atoms with Crippen LogP contribution < -0.4 is 10.6 Å². The molecule has 1 heterocycles. The number of aromatic nitrogens is 2. The molecule has 17 heavy (non-hydrogen) atoms. The Hall–Kier alpha value is -1.32. The van der Waals surface area contributed by atoms with Crippen LogP contribution in [0.25, 0.3) is 0 Å². The summed E-state index contributed by atoms with van der Waals surface area (Å²) in [6.45, 7) is 6.37. The Morgan fingerprint density at radius 1 is 1.24 bits per heavy atom. The van der Waals surface area contributed by atoms with Crippen LogP contribution in [0.15, 0.2) is 12.3 Å². The normalized spacial score (nSPS) is 17.1. The van der Waals surface area contributed by atoms with E-state index < -0.39 is 0 Å². The molecule has 2 N–H and O–H groups in total. The maximum atomic E-state index is 4.49. The molecule has 1 saturated carbocycles. The first-order chi connectivity index (χ1) is 8.03. The monoisotopic (exact) mass is 234 g/mol. The van der Waals surface area contributed by atoms with Crippen LogP contribution in [0, 0.1) is 0 Å². The van der Waals surface area contributed by atoms with E-state index >= 15 is 0 Å². The standard InChI is InChI=1S/C13H22N4/c1-13(2,3)17-11-8-9-14-12(16-11)15-10-6-4-5-7-10/h8-10H,4-7H2,1-3H3,(H2,14,15,16,17). The molecule has 0 radical (unpaired) electrons. The Bertz CT molecular complexity index is 364. The van der Waals surface area contributed by atoms with Gasteiger partial charge in [0.1, 0.15) is 5.82 Å². The minimum atomic E-state index is 0.0268. The van der Waals surface area contributed by atoms with Gasteiger partial charge in [-0.2, -0.15) is 4.98 Å². The molecule has 2 rings (SSSR count). The number of hydrogen-bond acceptors (Lipinski definition) is 4. The second-order valence-electron chi connectivity index (χ2n) is 5.77. The van der Waals surface area contributed by atoms with Crippen molar-refractivity contribution >= 4 is 11.8 Å². The van der Waals surface area contributed by atoms with Crippen LogP contribution in [0.2, 0.25) is 0 Å². The van der Waals surface area contributed by atoms with Gasteiger partial charge in [0.25, 0.3) is 0 Å². The first kappa shape index (κ1) is 12.1. The molecule has 1 aliphatic rings. The molecule has 0 saturated heterocycles. The lowest BCUT2D eigenvalue weighted by Crippen LogP contribution is -2.27. The number of rotatable bonds is 3. The summed E-state index contributed by atoms with van der Waals surface area (Å²) >= 11 is 0. The molecule has 0 bridgehead atoms. The van der Waals surface area contributed by atoms with Crippen molar-refractivity contribution in [2.45, 2.75) is 58.0 Å². The predicted octanol–water partition coefficient (Wildman–Crippen LogP) is 3.04. The molecular formula is C13H22N4. The van der Waals surface area contributed by atoms with Crippen molar-refractivity contribution in [3.8, 4) is 0 Å². The molecule has 0 spiro atoms. The van der Waals surface area contributed by atoms with Crippen molar-refractivity contribution in [1.29, 1.82) is 0 Å². The number of hydrogen-bond donors (Lipinski definition) is 2. The van der Waals surface area contributed by atoms with Gasteiger partial charge in [-0.3, -0.25) is 0 Å². The fraction of sp³-hybridized carbons (Fsp3) is 0.692. The van der Waals surface area contributed by atoms with Crippen LogP contribution in [0.5, 0.6) is 0 Å². The highest BCUT2D eigenvalue weighted by Crippen LogP contribution is 2.21. The van der Waals surface area contributed by atoms with Crippen molar-refractivity contribution in [3.05, 3.63) is 12.3 Å². The first-order valence-corrected chi connectivity index (χ1v) is 6.41. The Morgan fingerprint density at radius 2 is 1.94 bits per heavy atom. The molecule has 0 amide bonds. The summed E-state index contributed by atoms with van der Waals surface area (Å²) < 4.78 is 0. The summed E-state index contributed by atoms with van der Waals surface area (Å²) in [5, 5.41) is 6.76. The molecule has 1 aromatic rings. The first-order valence-electron chi connectivity index (χ1n) is 6.41. The summed E-state index contributed by atoms with van der Waals surface area (Å²) in [4.78, 5) is 8.76. The van der Waals surface area contributed by atoms with Gasteiger partial charge < -0.3 is 10.6 Å². The van der Waals surface area contributed by atoms with Gasteiger partial charge in [-0.25, -0.2) is 4.98 Å². The van der Waals surface area contributed by atoms with Crippen molar-refractivity contribution in [2.24, 2.45) is 0 Å². The van der Waals surface area contributed by atoms with Crippen molar-refractivity contribution in [3.63, 3.8) is 0 Å². The van der Waals surface area contributed by atoms with Gasteiger partial charge in [0.2, 0.25) is 5.95 Å². The van der Waals surface area contributed by atoms with Gasteiger partial charge >= 0.3 is 0 Å². The van der Waals surface area contributed by atoms with E-state index in [1.165, 1.54) is 25.7 Å². The van der Waals surface area contributed by atoms with Gasteiger partial charge in [-0.15, -0.1) is 0 Å². The zero-order chi connectivity index (χ0) is 12.3. The van der Waals surface area contributed by atoms with Gasteiger partial charge in [0.15, 0.2) is 0 Å². The van der Waals surface area contributed by atoms with E-state index in [-0.39, 0.29) is 5.54 Å². The summed E-state index contributed by atoms with van der Waals surface area (Å²) in [5.74, 6) is 1.62. The van der Waals surface area contributed by atoms with Crippen molar-refractivity contribution < 1.29 is 0 Å². The highest BCUT2D eigenvalue weighted by Gasteiger charge is 2.16. The fourth-order valence-corrected chi connectivity index (χ4v) is 2.13. The molecule has 4 heteroatoms. The Morgan fingerprint density at radius 3 is 2.59 bits per heavy atom. The highest BCUT2D eigenvalue weighted by molar-refractivity contribution is 5.41. The average Bonchev–Trinajstić information content (AvgIpc) is 2.68. The minimum Gasteiger partial charge on any atom is -0.365 e. The molecular weight excluding hydrogens is 212 g/mol. The minimum absolute atomic E-state index is 0.0268. The summed E-state index contributed by atoms with van der Waals surface area (Å²) in [5.41, 5.74) is 0.0268. The van der Waals surface area contributed by atoms with Crippen LogP contribution in [-0.4, -0.2) is 21.5 Å². The van der Waals surface area contributed by atoms with E-state index in [9.17, 15) is 0 Å².